The van der Waals surface area contributed by atoms with Gasteiger partial charge in [0.1, 0.15) is 0 Å². The number of hydrogen-bond acceptors (Lipinski definition) is 3. The predicted molar refractivity (Wildman–Crippen MR) is 43.2 cm³/mol. The van der Waals surface area contributed by atoms with Crippen molar-refractivity contribution in [1.82, 2.24) is 10.4 Å². The summed E-state index contributed by atoms with van der Waals surface area (Å²) in [7, 11) is 0. The first-order valence-electron chi connectivity index (χ1n) is 3.84. The normalized spacial score (nSPS) is 19.6. The topological polar surface area (TPSA) is 27.6 Å². The van der Waals surface area contributed by atoms with Gasteiger partial charge in [-0.05, 0) is 19.6 Å². The van der Waals surface area contributed by atoms with E-state index in [9.17, 15) is 0 Å². The van der Waals surface area contributed by atoms with Gasteiger partial charge in [0.2, 0.25) is 0 Å². The van der Waals surface area contributed by atoms with E-state index in [4.69, 9.17) is 0 Å². The van der Waals surface area contributed by atoms with Crippen LogP contribution in [0.2, 0.25) is 0 Å². The van der Waals surface area contributed by atoms with Gasteiger partial charge in [0.25, 0.3) is 0 Å². The van der Waals surface area contributed by atoms with Crippen LogP contribution in [0.1, 0.15) is 12.8 Å². The van der Waals surface area contributed by atoms with Gasteiger partial charge in [0.05, 0.1) is 6.54 Å². The Bertz CT molecular complexity index is 97.0. The fourth-order valence-corrected chi connectivity index (χ4v) is 1.16. The second kappa shape index (κ2) is 4.41. The molecule has 0 unspecified atom stereocenters. The lowest BCUT2D eigenvalue weighted by molar-refractivity contribution is 0.240. The van der Waals surface area contributed by atoms with Crippen LogP contribution in [0.4, 0.5) is 0 Å². The van der Waals surface area contributed by atoms with E-state index in [-0.39, 0.29) is 0 Å². The molecule has 0 atom stereocenters. The zero-order valence-electron chi connectivity index (χ0n) is 6.34. The van der Waals surface area contributed by atoms with Crippen molar-refractivity contribution in [3.8, 4) is 0 Å². The highest BCUT2D eigenvalue weighted by Gasteiger charge is 2.08. The van der Waals surface area contributed by atoms with Gasteiger partial charge in [-0.3, -0.25) is 10.4 Å². The van der Waals surface area contributed by atoms with E-state index in [1.807, 2.05) is 0 Å². The summed E-state index contributed by atoms with van der Waals surface area (Å²) < 4.78 is 0. The standard InChI is InChI=1S/C7H15N3/c1-8-4-5-9-10-6-2-3-7-10/h9H,1-7H2. The van der Waals surface area contributed by atoms with E-state index in [0.717, 1.165) is 13.1 Å². The fraction of sp³-hybridized carbons (Fsp3) is 0.857. The van der Waals surface area contributed by atoms with Crippen molar-refractivity contribution >= 4 is 6.72 Å². The van der Waals surface area contributed by atoms with Gasteiger partial charge in [-0.25, -0.2) is 5.01 Å². The molecule has 1 fully saturated rings. The summed E-state index contributed by atoms with van der Waals surface area (Å²) in [5.74, 6) is 0. The van der Waals surface area contributed by atoms with Crippen LogP contribution in [-0.2, 0) is 0 Å². The molecular weight excluding hydrogens is 126 g/mol. The molecule has 1 aliphatic heterocycles. The number of hydrogen-bond donors (Lipinski definition) is 1. The van der Waals surface area contributed by atoms with Crippen LogP contribution >= 0.6 is 0 Å². The van der Waals surface area contributed by atoms with E-state index in [2.05, 4.69) is 22.1 Å². The molecule has 0 aromatic carbocycles. The maximum atomic E-state index is 3.76. The Labute approximate surface area is 62.1 Å². The van der Waals surface area contributed by atoms with Crippen LogP contribution in [0.25, 0.3) is 0 Å². The molecule has 1 rings (SSSR count). The second-order valence-corrected chi connectivity index (χ2v) is 2.55. The van der Waals surface area contributed by atoms with Gasteiger partial charge in [-0.15, -0.1) is 0 Å². The molecule has 0 amide bonds. The molecule has 0 aliphatic carbocycles. The Kier molecular flexibility index (Phi) is 3.40. The third kappa shape index (κ3) is 2.45. The lowest BCUT2D eigenvalue weighted by Crippen LogP contribution is -2.36. The van der Waals surface area contributed by atoms with E-state index in [1.54, 1.807) is 0 Å². The van der Waals surface area contributed by atoms with Gasteiger partial charge < -0.3 is 0 Å². The van der Waals surface area contributed by atoms with Gasteiger partial charge in [0.15, 0.2) is 0 Å². The lowest BCUT2D eigenvalue weighted by atomic mass is 10.4. The maximum Gasteiger partial charge on any atom is 0.0521 e. The molecule has 0 aromatic heterocycles. The van der Waals surface area contributed by atoms with Crippen molar-refractivity contribution in [2.24, 2.45) is 4.99 Å². The summed E-state index contributed by atoms with van der Waals surface area (Å²) in [6.45, 7) is 7.55. The quantitative estimate of drug-likeness (QED) is 0.450. The summed E-state index contributed by atoms with van der Waals surface area (Å²) in [6, 6.07) is 0. The summed E-state index contributed by atoms with van der Waals surface area (Å²) in [5, 5.41) is 2.26. The maximum absolute atomic E-state index is 3.76. The van der Waals surface area contributed by atoms with E-state index < -0.39 is 0 Å². The van der Waals surface area contributed by atoms with Crippen molar-refractivity contribution in [3.63, 3.8) is 0 Å². The minimum atomic E-state index is 0.816. The minimum Gasteiger partial charge on any atom is -0.300 e. The van der Waals surface area contributed by atoms with Crippen molar-refractivity contribution in [2.75, 3.05) is 26.2 Å². The minimum absolute atomic E-state index is 0.816. The zero-order chi connectivity index (χ0) is 7.23. The fourth-order valence-electron chi connectivity index (χ4n) is 1.16. The third-order valence-electron chi connectivity index (χ3n) is 1.71. The van der Waals surface area contributed by atoms with Crippen molar-refractivity contribution in [1.29, 1.82) is 0 Å². The molecule has 3 heteroatoms. The number of aliphatic imine (C=N–C) groups is 1. The van der Waals surface area contributed by atoms with E-state index in [1.165, 1.54) is 25.9 Å². The molecule has 10 heavy (non-hydrogen) atoms. The first kappa shape index (κ1) is 7.69. The van der Waals surface area contributed by atoms with Crippen LogP contribution in [0.5, 0.6) is 0 Å². The van der Waals surface area contributed by atoms with Crippen molar-refractivity contribution in [2.45, 2.75) is 12.8 Å². The highest BCUT2D eigenvalue weighted by atomic mass is 15.5. The zero-order valence-corrected chi connectivity index (χ0v) is 6.34. The molecule has 1 N–H and O–H groups in total. The summed E-state index contributed by atoms with van der Waals surface area (Å²) in [4.78, 5) is 3.76. The SMILES string of the molecule is C=NCCNN1CCCC1. The second-order valence-electron chi connectivity index (χ2n) is 2.55. The summed E-state index contributed by atoms with van der Waals surface area (Å²) in [5.41, 5.74) is 3.28. The predicted octanol–water partition coefficient (Wildman–Crippen LogP) is 0.287. The molecule has 1 heterocycles. The molecule has 0 spiro atoms. The summed E-state index contributed by atoms with van der Waals surface area (Å²) >= 11 is 0. The molecule has 3 nitrogen and oxygen atoms in total. The molecule has 0 saturated carbocycles. The van der Waals surface area contributed by atoms with Gasteiger partial charge in [-0.1, -0.05) is 0 Å². The highest BCUT2D eigenvalue weighted by molar-refractivity contribution is 5.23. The smallest absolute Gasteiger partial charge is 0.0521 e. The first-order chi connectivity index (χ1) is 4.93. The van der Waals surface area contributed by atoms with Crippen LogP contribution in [0, 0.1) is 0 Å². The van der Waals surface area contributed by atoms with Crippen LogP contribution < -0.4 is 5.43 Å². The van der Waals surface area contributed by atoms with Crippen LogP contribution in [0.15, 0.2) is 4.99 Å². The van der Waals surface area contributed by atoms with Crippen molar-refractivity contribution < 1.29 is 0 Å². The van der Waals surface area contributed by atoms with E-state index in [0.29, 0.717) is 0 Å². The highest BCUT2D eigenvalue weighted by Crippen LogP contribution is 2.02. The number of hydrazine groups is 1. The lowest BCUT2D eigenvalue weighted by Gasteiger charge is -2.14. The Balaban J connectivity index is 1.96. The van der Waals surface area contributed by atoms with Gasteiger partial charge >= 0.3 is 0 Å². The first-order valence-corrected chi connectivity index (χ1v) is 3.84. The summed E-state index contributed by atoms with van der Waals surface area (Å²) in [6.07, 6.45) is 2.66. The molecule has 1 saturated heterocycles. The Morgan fingerprint density at radius 3 is 2.70 bits per heavy atom. The van der Waals surface area contributed by atoms with Crippen molar-refractivity contribution in [3.05, 3.63) is 0 Å². The molecule has 0 radical (unpaired) electrons. The van der Waals surface area contributed by atoms with Crippen LogP contribution in [-0.4, -0.2) is 37.9 Å². The van der Waals surface area contributed by atoms with E-state index >= 15 is 0 Å². The molecule has 1 aliphatic rings. The monoisotopic (exact) mass is 141 g/mol. The number of nitrogens with one attached hydrogen (secondary N) is 1. The molecular formula is C7H15N3. The Morgan fingerprint density at radius 1 is 1.40 bits per heavy atom. The van der Waals surface area contributed by atoms with Crippen LogP contribution in [0.3, 0.4) is 0 Å². The molecule has 0 aromatic rings. The third-order valence-corrected chi connectivity index (χ3v) is 1.71. The molecule has 0 bridgehead atoms. The average molecular weight is 141 g/mol. The average Bonchev–Trinajstić information content (AvgIpc) is 2.41. The Hall–Kier alpha value is -0.410. The Morgan fingerprint density at radius 2 is 2.10 bits per heavy atom. The van der Waals surface area contributed by atoms with Gasteiger partial charge in [0, 0.05) is 19.6 Å². The van der Waals surface area contributed by atoms with Gasteiger partial charge in [-0.2, -0.15) is 0 Å². The largest absolute Gasteiger partial charge is 0.300 e. The number of nitrogens with zero attached hydrogens (tertiary/aromatic N) is 2. The molecule has 58 valence electrons. The number of rotatable bonds is 4.